The maximum absolute atomic E-state index is 11.3. The lowest BCUT2D eigenvalue weighted by atomic mass is 9.96. The van der Waals surface area contributed by atoms with Gasteiger partial charge in [-0.3, -0.25) is 9.78 Å². The molecular weight excluding hydrogens is 366 g/mol. The van der Waals surface area contributed by atoms with E-state index >= 15 is 0 Å². The Morgan fingerprint density at radius 3 is 2.79 bits per heavy atom. The van der Waals surface area contributed by atoms with Gasteiger partial charge in [-0.05, 0) is 43.7 Å². The summed E-state index contributed by atoms with van der Waals surface area (Å²) in [5.74, 6) is 1.89. The van der Waals surface area contributed by atoms with Crippen molar-refractivity contribution in [3.05, 3.63) is 60.6 Å². The summed E-state index contributed by atoms with van der Waals surface area (Å²) >= 11 is 0. The zero-order valence-corrected chi connectivity index (χ0v) is 16.3. The topological polar surface area (TPSA) is 89.0 Å². The minimum atomic E-state index is -0.128. The lowest BCUT2D eigenvalue weighted by molar-refractivity contribution is -0.114. The highest BCUT2D eigenvalue weighted by Crippen LogP contribution is 2.29. The van der Waals surface area contributed by atoms with E-state index in [1.54, 1.807) is 18.5 Å². The van der Waals surface area contributed by atoms with Gasteiger partial charge in [0.25, 0.3) is 0 Å². The molecule has 1 aliphatic heterocycles. The van der Waals surface area contributed by atoms with Crippen molar-refractivity contribution in [1.82, 2.24) is 20.3 Å². The van der Waals surface area contributed by atoms with Gasteiger partial charge >= 0.3 is 0 Å². The number of rotatable bonds is 5. The second-order valence-electron chi connectivity index (χ2n) is 7.04. The molecule has 2 N–H and O–H groups in total. The van der Waals surface area contributed by atoms with Gasteiger partial charge in [-0.2, -0.15) is 4.98 Å². The van der Waals surface area contributed by atoms with Gasteiger partial charge in [0.05, 0.1) is 5.69 Å². The first kappa shape index (κ1) is 19.0. The van der Waals surface area contributed by atoms with E-state index in [4.69, 9.17) is 9.72 Å². The molecule has 0 aliphatic carbocycles. The van der Waals surface area contributed by atoms with Gasteiger partial charge in [-0.1, -0.05) is 6.07 Å². The number of nitrogens with zero attached hydrogens (tertiary/aromatic N) is 3. The smallest absolute Gasteiger partial charge is 0.223 e. The second kappa shape index (κ2) is 8.79. The summed E-state index contributed by atoms with van der Waals surface area (Å²) in [5.41, 5.74) is 2.53. The summed E-state index contributed by atoms with van der Waals surface area (Å²) in [5, 5.41) is 6.20. The summed E-state index contributed by atoms with van der Waals surface area (Å²) in [6.07, 6.45) is 5.65. The monoisotopic (exact) mass is 389 g/mol. The zero-order chi connectivity index (χ0) is 20.1. The van der Waals surface area contributed by atoms with Crippen LogP contribution in [0.15, 0.2) is 54.9 Å². The molecule has 7 nitrogen and oxygen atoms in total. The largest absolute Gasteiger partial charge is 0.439 e. The third-order valence-corrected chi connectivity index (χ3v) is 4.75. The van der Waals surface area contributed by atoms with Gasteiger partial charge in [-0.25, -0.2) is 4.98 Å². The van der Waals surface area contributed by atoms with E-state index < -0.39 is 0 Å². The van der Waals surface area contributed by atoms with Crippen molar-refractivity contribution in [3.63, 3.8) is 0 Å². The molecule has 1 aliphatic rings. The van der Waals surface area contributed by atoms with Crippen molar-refractivity contribution in [3.8, 4) is 23.0 Å². The van der Waals surface area contributed by atoms with Crippen LogP contribution in [0.2, 0.25) is 0 Å². The average Bonchev–Trinajstić information content (AvgIpc) is 2.74. The predicted octanol–water partition coefficient (Wildman–Crippen LogP) is 3.76. The number of hydrogen-bond donors (Lipinski definition) is 2. The molecule has 1 saturated heterocycles. The van der Waals surface area contributed by atoms with E-state index in [1.807, 2.05) is 36.4 Å². The van der Waals surface area contributed by atoms with Gasteiger partial charge in [0.1, 0.15) is 5.75 Å². The number of pyridine rings is 1. The number of benzene rings is 1. The zero-order valence-electron chi connectivity index (χ0n) is 16.3. The predicted molar refractivity (Wildman–Crippen MR) is 111 cm³/mol. The summed E-state index contributed by atoms with van der Waals surface area (Å²) in [7, 11) is 0. The molecular formula is C22H23N5O2. The Labute approximate surface area is 169 Å². The van der Waals surface area contributed by atoms with Crippen LogP contribution < -0.4 is 15.4 Å². The van der Waals surface area contributed by atoms with Crippen molar-refractivity contribution in [2.75, 3.05) is 18.4 Å². The van der Waals surface area contributed by atoms with Crippen LogP contribution in [0.5, 0.6) is 11.6 Å². The SMILES string of the molecule is CC(=O)Nc1cccc(Oc2cc([C@@H]3CCCNC3)nc(-c3ccncc3)n2)c1. The summed E-state index contributed by atoms with van der Waals surface area (Å²) in [6.45, 7) is 3.41. The first-order chi connectivity index (χ1) is 14.2. The molecule has 2 aromatic heterocycles. The summed E-state index contributed by atoms with van der Waals surface area (Å²) in [6, 6.07) is 12.9. The number of aromatic nitrogens is 3. The van der Waals surface area contributed by atoms with Crippen LogP contribution >= 0.6 is 0 Å². The molecule has 0 unspecified atom stereocenters. The molecule has 7 heteroatoms. The molecule has 3 aromatic rings. The molecule has 148 valence electrons. The van der Waals surface area contributed by atoms with Crippen molar-refractivity contribution >= 4 is 11.6 Å². The number of ether oxygens (including phenoxy) is 1. The average molecular weight is 389 g/mol. The number of anilines is 1. The molecule has 4 rings (SSSR count). The van der Waals surface area contributed by atoms with E-state index in [-0.39, 0.29) is 5.91 Å². The van der Waals surface area contributed by atoms with Crippen LogP contribution in [0.4, 0.5) is 5.69 Å². The first-order valence-corrected chi connectivity index (χ1v) is 9.73. The molecule has 1 aromatic carbocycles. The van der Waals surface area contributed by atoms with E-state index in [9.17, 15) is 4.79 Å². The van der Waals surface area contributed by atoms with E-state index in [0.717, 1.165) is 37.2 Å². The molecule has 1 amide bonds. The van der Waals surface area contributed by atoms with Gasteiger partial charge in [0, 0.05) is 55.2 Å². The quantitative estimate of drug-likeness (QED) is 0.691. The van der Waals surface area contributed by atoms with E-state index in [0.29, 0.717) is 29.1 Å². The highest BCUT2D eigenvalue weighted by molar-refractivity contribution is 5.88. The number of nitrogens with one attached hydrogen (secondary N) is 2. The Hall–Kier alpha value is -3.32. The van der Waals surface area contributed by atoms with Crippen molar-refractivity contribution in [2.45, 2.75) is 25.7 Å². The lowest BCUT2D eigenvalue weighted by Gasteiger charge is -2.23. The van der Waals surface area contributed by atoms with Crippen LogP contribution in [0.1, 0.15) is 31.4 Å². The summed E-state index contributed by atoms with van der Waals surface area (Å²) < 4.78 is 6.06. The maximum atomic E-state index is 11.3. The maximum Gasteiger partial charge on any atom is 0.223 e. The number of hydrogen-bond acceptors (Lipinski definition) is 6. The van der Waals surface area contributed by atoms with Crippen LogP contribution in [-0.4, -0.2) is 33.9 Å². The van der Waals surface area contributed by atoms with E-state index in [1.165, 1.54) is 6.92 Å². The van der Waals surface area contributed by atoms with Crippen molar-refractivity contribution in [2.24, 2.45) is 0 Å². The molecule has 0 bridgehead atoms. The first-order valence-electron chi connectivity index (χ1n) is 9.73. The third-order valence-electron chi connectivity index (χ3n) is 4.75. The standard InChI is InChI=1S/C22H23N5O2/c1-15(28)25-18-5-2-6-19(12-18)29-21-13-20(17-4-3-9-24-14-17)26-22(27-21)16-7-10-23-11-8-16/h2,5-8,10-13,17,24H,3-4,9,14H2,1H3,(H,25,28)/t17-/m1/s1. The van der Waals surface area contributed by atoms with Gasteiger partial charge in [0.15, 0.2) is 5.82 Å². The molecule has 0 saturated carbocycles. The Balaban J connectivity index is 1.67. The highest BCUT2D eigenvalue weighted by Gasteiger charge is 2.19. The fourth-order valence-corrected chi connectivity index (χ4v) is 3.40. The van der Waals surface area contributed by atoms with Crippen LogP contribution in [-0.2, 0) is 4.79 Å². The Bertz CT molecular complexity index is 988. The third kappa shape index (κ3) is 4.94. The number of carbonyl (C=O) groups is 1. The number of amides is 1. The van der Waals surface area contributed by atoms with Gasteiger partial charge in [0.2, 0.25) is 11.8 Å². The normalized spacial score (nSPS) is 16.2. The number of carbonyl (C=O) groups excluding carboxylic acids is 1. The molecule has 1 fully saturated rings. The summed E-state index contributed by atoms with van der Waals surface area (Å²) in [4.78, 5) is 24.8. The van der Waals surface area contributed by atoms with Crippen molar-refractivity contribution in [1.29, 1.82) is 0 Å². The van der Waals surface area contributed by atoms with E-state index in [2.05, 4.69) is 20.6 Å². The van der Waals surface area contributed by atoms with Gasteiger partial charge in [-0.15, -0.1) is 0 Å². The Morgan fingerprint density at radius 1 is 1.17 bits per heavy atom. The Kier molecular flexibility index (Phi) is 5.76. The fraction of sp³-hybridized carbons (Fsp3) is 0.273. The van der Waals surface area contributed by atoms with Gasteiger partial charge < -0.3 is 15.4 Å². The molecule has 0 spiro atoms. The molecule has 3 heterocycles. The second-order valence-corrected chi connectivity index (χ2v) is 7.04. The van der Waals surface area contributed by atoms with Crippen LogP contribution in [0.3, 0.4) is 0 Å². The van der Waals surface area contributed by atoms with Crippen LogP contribution in [0.25, 0.3) is 11.4 Å². The lowest BCUT2D eigenvalue weighted by Crippen LogP contribution is -2.29. The highest BCUT2D eigenvalue weighted by atomic mass is 16.5. The van der Waals surface area contributed by atoms with Crippen LogP contribution in [0, 0.1) is 0 Å². The molecule has 29 heavy (non-hydrogen) atoms. The van der Waals surface area contributed by atoms with Crippen molar-refractivity contribution < 1.29 is 9.53 Å². The minimum absolute atomic E-state index is 0.128. The minimum Gasteiger partial charge on any atom is -0.439 e. The number of piperidine rings is 1. The fourth-order valence-electron chi connectivity index (χ4n) is 3.40. The molecule has 0 radical (unpaired) electrons. The molecule has 1 atom stereocenters. The Morgan fingerprint density at radius 2 is 2.03 bits per heavy atom.